The molecule has 4 atom stereocenters. The van der Waals surface area contributed by atoms with Crippen molar-refractivity contribution >= 4 is 29.0 Å². The summed E-state index contributed by atoms with van der Waals surface area (Å²) in [6.45, 7) is 3.81. The van der Waals surface area contributed by atoms with Gasteiger partial charge in [0.1, 0.15) is 22.5 Å². The maximum absolute atomic E-state index is 12.0. The highest BCUT2D eigenvalue weighted by Gasteiger charge is 2.56. The highest BCUT2D eigenvalue weighted by Crippen LogP contribution is 2.43. The zero-order valence-corrected chi connectivity index (χ0v) is 9.55. The minimum atomic E-state index is -0.990. The van der Waals surface area contributed by atoms with Gasteiger partial charge in [0.2, 0.25) is 0 Å². The summed E-state index contributed by atoms with van der Waals surface area (Å²) in [7, 11) is 0. The molecule has 78 valence electrons. The van der Waals surface area contributed by atoms with Crippen LogP contribution in [0.15, 0.2) is 12.2 Å². The maximum Gasteiger partial charge on any atom is 0.177 e. The monoisotopic (exact) mass is 234 g/mol. The smallest absolute Gasteiger partial charge is 0.177 e. The van der Waals surface area contributed by atoms with Crippen LogP contribution in [0.5, 0.6) is 0 Å². The number of ether oxygens (including phenoxy) is 1. The fourth-order valence-corrected chi connectivity index (χ4v) is 2.61. The van der Waals surface area contributed by atoms with E-state index in [0.29, 0.717) is 0 Å². The average molecular weight is 235 g/mol. The van der Waals surface area contributed by atoms with Crippen LogP contribution in [0.4, 0.5) is 0 Å². The molecule has 1 saturated heterocycles. The summed E-state index contributed by atoms with van der Waals surface area (Å²) in [5, 5.41) is -0.648. The highest BCUT2D eigenvalue weighted by molar-refractivity contribution is 6.44. The number of fused-ring (bicyclic) bond motifs is 2. The lowest BCUT2D eigenvalue weighted by Gasteiger charge is -2.40. The minimum Gasteiger partial charge on any atom is -0.362 e. The molecule has 2 aliphatic heterocycles. The number of hydrogen-bond acceptors (Lipinski definition) is 2. The quantitative estimate of drug-likeness (QED) is 0.514. The van der Waals surface area contributed by atoms with E-state index in [4.69, 9.17) is 27.9 Å². The lowest BCUT2D eigenvalue weighted by Crippen LogP contribution is -2.58. The Morgan fingerprint density at radius 1 is 1.50 bits per heavy atom. The lowest BCUT2D eigenvalue weighted by atomic mass is 9.83. The van der Waals surface area contributed by atoms with Crippen molar-refractivity contribution in [1.29, 1.82) is 0 Å². The molecule has 2 heterocycles. The Hall–Kier alpha value is -0.0500. The Balaban J connectivity index is 2.41. The molecule has 2 unspecified atom stereocenters. The van der Waals surface area contributed by atoms with Crippen molar-refractivity contribution in [3.8, 4) is 0 Å². The zero-order valence-electron chi connectivity index (χ0n) is 8.04. The summed E-state index contributed by atoms with van der Waals surface area (Å²) in [5.41, 5.74) is 0. The first kappa shape index (κ1) is 10.5. The molecule has 0 spiro atoms. The molecule has 0 N–H and O–H groups in total. The van der Waals surface area contributed by atoms with Gasteiger partial charge >= 0.3 is 0 Å². The van der Waals surface area contributed by atoms with Crippen molar-refractivity contribution in [3.63, 3.8) is 0 Å². The number of ketones is 1. The molecular formula is C10H12Cl2O2. The molecule has 0 saturated carbocycles. The zero-order chi connectivity index (χ0) is 10.5. The largest absolute Gasteiger partial charge is 0.362 e. The highest BCUT2D eigenvalue weighted by atomic mass is 35.5. The second kappa shape index (κ2) is 3.22. The third-order valence-electron chi connectivity index (χ3n) is 2.95. The predicted molar refractivity (Wildman–Crippen MR) is 55.9 cm³/mol. The van der Waals surface area contributed by atoms with E-state index in [9.17, 15) is 4.79 Å². The molecule has 2 rings (SSSR count). The molecule has 0 aromatic rings. The minimum absolute atomic E-state index is 0.00613. The van der Waals surface area contributed by atoms with Gasteiger partial charge in [-0.1, -0.05) is 26.0 Å². The van der Waals surface area contributed by atoms with Crippen molar-refractivity contribution in [2.75, 3.05) is 0 Å². The first-order valence-corrected chi connectivity index (χ1v) is 5.50. The number of carbonyl (C=O) groups is 1. The topological polar surface area (TPSA) is 26.3 Å². The number of alkyl halides is 2. The van der Waals surface area contributed by atoms with Gasteiger partial charge in [-0.05, 0) is 5.92 Å². The van der Waals surface area contributed by atoms with Crippen LogP contribution in [0.2, 0.25) is 0 Å². The van der Waals surface area contributed by atoms with Gasteiger partial charge in [0, 0.05) is 0 Å². The SMILES string of the molecule is CC(C)C1(Cl)C(=O)C(Cl)[C@@H]2C=C[C@H]1O2. The van der Waals surface area contributed by atoms with Gasteiger partial charge in [0.25, 0.3) is 0 Å². The molecule has 0 amide bonds. The predicted octanol–water partition coefficient (Wildman–Crippen LogP) is 2.13. The fraction of sp³-hybridized carbons (Fsp3) is 0.700. The van der Waals surface area contributed by atoms with E-state index in [-0.39, 0.29) is 23.9 Å². The summed E-state index contributed by atoms with van der Waals surface area (Å²) in [4.78, 5) is 11.0. The molecule has 0 aromatic heterocycles. The van der Waals surface area contributed by atoms with Crippen molar-refractivity contribution in [2.24, 2.45) is 5.92 Å². The molecule has 2 bridgehead atoms. The van der Waals surface area contributed by atoms with Gasteiger partial charge in [-0.15, -0.1) is 23.2 Å². The van der Waals surface area contributed by atoms with Crippen LogP contribution in [0.1, 0.15) is 13.8 Å². The van der Waals surface area contributed by atoms with E-state index in [1.165, 1.54) is 0 Å². The Bertz CT molecular complexity index is 300. The van der Waals surface area contributed by atoms with Gasteiger partial charge in [0.05, 0.1) is 0 Å². The van der Waals surface area contributed by atoms with E-state index in [0.717, 1.165) is 0 Å². The molecule has 2 nitrogen and oxygen atoms in total. The van der Waals surface area contributed by atoms with Crippen LogP contribution in [-0.2, 0) is 9.53 Å². The van der Waals surface area contributed by atoms with Crippen LogP contribution in [0.25, 0.3) is 0 Å². The van der Waals surface area contributed by atoms with Gasteiger partial charge < -0.3 is 4.74 Å². The summed E-state index contributed by atoms with van der Waals surface area (Å²) < 4.78 is 5.56. The van der Waals surface area contributed by atoms with Crippen LogP contribution in [-0.4, -0.2) is 28.2 Å². The molecule has 0 radical (unpaired) electrons. The first-order chi connectivity index (χ1) is 6.48. The van der Waals surface area contributed by atoms with Gasteiger partial charge in [-0.25, -0.2) is 0 Å². The van der Waals surface area contributed by atoms with E-state index in [1.807, 2.05) is 26.0 Å². The average Bonchev–Trinajstić information content (AvgIpc) is 2.59. The Labute approximate surface area is 93.2 Å². The number of halogens is 2. The van der Waals surface area contributed by atoms with Gasteiger partial charge in [-0.2, -0.15) is 0 Å². The number of carbonyl (C=O) groups excluding carboxylic acids is 1. The summed E-state index contributed by atoms with van der Waals surface area (Å²) >= 11 is 12.3. The van der Waals surface area contributed by atoms with Crippen LogP contribution < -0.4 is 0 Å². The van der Waals surface area contributed by atoms with Crippen LogP contribution >= 0.6 is 23.2 Å². The number of Topliss-reactive ketones (excluding diaryl/α,β-unsaturated/α-hetero) is 1. The second-order valence-electron chi connectivity index (χ2n) is 4.09. The Morgan fingerprint density at radius 3 is 2.71 bits per heavy atom. The van der Waals surface area contributed by atoms with Crippen LogP contribution in [0.3, 0.4) is 0 Å². The van der Waals surface area contributed by atoms with E-state index in [1.54, 1.807) is 0 Å². The van der Waals surface area contributed by atoms with Crippen molar-refractivity contribution < 1.29 is 9.53 Å². The normalized spacial score (nSPS) is 46.4. The standard InChI is InChI=1S/C10H12Cl2O2/c1-5(2)10(12)7-4-3-6(14-7)8(11)9(10)13/h3-8H,1-2H3/t6-,7+,8?,10?/m0/s1. The molecule has 4 heteroatoms. The molecule has 2 aliphatic rings. The van der Waals surface area contributed by atoms with Crippen molar-refractivity contribution in [2.45, 2.75) is 36.3 Å². The molecule has 0 aliphatic carbocycles. The molecular weight excluding hydrogens is 223 g/mol. The molecule has 0 aromatic carbocycles. The van der Waals surface area contributed by atoms with Crippen LogP contribution in [0, 0.1) is 5.92 Å². The van der Waals surface area contributed by atoms with E-state index < -0.39 is 10.3 Å². The summed E-state index contributed by atoms with van der Waals surface area (Å²) in [6, 6.07) is 0. The van der Waals surface area contributed by atoms with E-state index >= 15 is 0 Å². The first-order valence-electron chi connectivity index (χ1n) is 4.69. The summed E-state index contributed by atoms with van der Waals surface area (Å²) in [6.07, 6.45) is 3.06. The molecule has 1 fully saturated rings. The van der Waals surface area contributed by atoms with Gasteiger partial charge in [-0.3, -0.25) is 4.79 Å². The second-order valence-corrected chi connectivity index (χ2v) is 5.19. The Kier molecular flexibility index (Phi) is 2.41. The fourth-order valence-electron chi connectivity index (χ4n) is 1.99. The van der Waals surface area contributed by atoms with E-state index in [2.05, 4.69) is 0 Å². The third-order valence-corrected chi connectivity index (χ3v) is 4.23. The number of hydrogen-bond donors (Lipinski definition) is 0. The third kappa shape index (κ3) is 1.17. The molecule has 14 heavy (non-hydrogen) atoms. The van der Waals surface area contributed by atoms with Gasteiger partial charge in [0.15, 0.2) is 5.78 Å². The summed E-state index contributed by atoms with van der Waals surface area (Å²) in [5.74, 6) is -0.103. The van der Waals surface area contributed by atoms with Crippen molar-refractivity contribution in [1.82, 2.24) is 0 Å². The van der Waals surface area contributed by atoms with Crippen molar-refractivity contribution in [3.05, 3.63) is 12.2 Å². The maximum atomic E-state index is 12.0. The lowest BCUT2D eigenvalue weighted by molar-refractivity contribution is -0.135. The number of rotatable bonds is 1. The Morgan fingerprint density at radius 2 is 2.14 bits per heavy atom.